The van der Waals surface area contributed by atoms with E-state index in [9.17, 15) is 15.0 Å². The van der Waals surface area contributed by atoms with Gasteiger partial charge in [0, 0.05) is 33.2 Å². The normalized spacial score (nSPS) is 45.9. The second kappa shape index (κ2) is 8.36. The quantitative estimate of drug-likeness (QED) is 0.346. The van der Waals surface area contributed by atoms with Crippen molar-refractivity contribution >= 4 is 17.1 Å². The van der Waals surface area contributed by atoms with Gasteiger partial charge in [0.05, 0.1) is 16.6 Å². The summed E-state index contributed by atoms with van der Waals surface area (Å²) in [6.07, 6.45) is 14.2. The van der Waals surface area contributed by atoms with E-state index in [1.165, 1.54) is 0 Å². The van der Waals surface area contributed by atoms with Crippen molar-refractivity contribution in [2.45, 2.75) is 90.8 Å². The lowest BCUT2D eigenvalue weighted by Crippen LogP contribution is -2.67. The van der Waals surface area contributed by atoms with E-state index < -0.39 is 5.60 Å². The van der Waals surface area contributed by atoms with Crippen LogP contribution in [0.15, 0.2) is 35.9 Å². The van der Waals surface area contributed by atoms with Gasteiger partial charge in [0.25, 0.3) is 0 Å². The van der Waals surface area contributed by atoms with Crippen LogP contribution < -0.4 is 0 Å². The number of fused-ring (bicyclic) bond motifs is 1. The fourth-order valence-corrected chi connectivity index (χ4v) is 11.0. The van der Waals surface area contributed by atoms with Gasteiger partial charge in [-0.15, -0.1) is 11.3 Å². The molecule has 3 fully saturated rings. The molecule has 4 nitrogen and oxygen atoms in total. The first kappa shape index (κ1) is 26.0. The van der Waals surface area contributed by atoms with Crippen LogP contribution in [-0.2, 0) is 0 Å². The molecule has 0 aliphatic heterocycles. The minimum atomic E-state index is -0.752. The number of aliphatic hydroxyl groups is 2. The molecule has 1 aromatic rings. The molecule has 1 heterocycles. The maximum absolute atomic E-state index is 14.4. The molecule has 0 amide bonds. The Morgan fingerprint density at radius 3 is 2.49 bits per heavy atom. The summed E-state index contributed by atoms with van der Waals surface area (Å²) >= 11 is 1.60. The number of aryl methyl sites for hydroxylation is 1. The van der Waals surface area contributed by atoms with Crippen LogP contribution in [0, 0.1) is 40.4 Å². The molecule has 8 unspecified atom stereocenters. The van der Waals surface area contributed by atoms with Crippen LogP contribution in [0.2, 0.25) is 0 Å². The first-order valence-electron chi connectivity index (χ1n) is 14.6. The van der Waals surface area contributed by atoms with Crippen molar-refractivity contribution in [1.29, 1.82) is 0 Å². The van der Waals surface area contributed by atoms with Gasteiger partial charge in [0.2, 0.25) is 0 Å². The Balaban J connectivity index is 1.51. The fraction of sp³-hybridized carbons (Fsp3) is 0.719. The van der Waals surface area contributed by atoms with Crippen molar-refractivity contribution in [2.24, 2.45) is 33.5 Å². The number of Topliss-reactive ketones (excluding diaryl/α,β-unsaturated/α-hetero) is 1. The smallest absolute Gasteiger partial charge is 0.199 e. The van der Waals surface area contributed by atoms with Crippen molar-refractivity contribution in [1.82, 2.24) is 4.90 Å². The molecular weight excluding hydrogens is 478 g/mol. The SMILES string of the molecule is CCCN(C)CC1(O)CCC2C34C=CC5(C=C3C(=O)c3ccc(C)s3)CC(O)CCC5(C)C4CCC21C. The second-order valence-electron chi connectivity index (χ2n) is 13.8. The van der Waals surface area contributed by atoms with Gasteiger partial charge in [0.15, 0.2) is 5.78 Å². The highest BCUT2D eigenvalue weighted by Crippen LogP contribution is 2.78. The van der Waals surface area contributed by atoms with Gasteiger partial charge in [-0.25, -0.2) is 0 Å². The largest absolute Gasteiger partial charge is 0.393 e. The highest BCUT2D eigenvalue weighted by molar-refractivity contribution is 7.14. The van der Waals surface area contributed by atoms with E-state index in [0.29, 0.717) is 18.9 Å². The van der Waals surface area contributed by atoms with E-state index in [1.807, 2.05) is 6.07 Å². The number of nitrogens with zero attached hydrogens (tertiary/aromatic N) is 1. The first-order chi connectivity index (χ1) is 17.4. The summed E-state index contributed by atoms with van der Waals surface area (Å²) in [7, 11) is 2.14. The average Bonchev–Trinajstić information content (AvgIpc) is 3.39. The Hall–Kier alpha value is -1.27. The van der Waals surface area contributed by atoms with E-state index in [0.717, 1.165) is 66.8 Å². The molecule has 6 aliphatic rings. The van der Waals surface area contributed by atoms with Crippen LogP contribution in [0.3, 0.4) is 0 Å². The molecule has 2 N–H and O–H groups in total. The highest BCUT2D eigenvalue weighted by atomic mass is 32.1. The first-order valence-corrected chi connectivity index (χ1v) is 15.4. The number of thiophene rings is 1. The third-order valence-electron chi connectivity index (χ3n) is 12.1. The van der Waals surface area contributed by atoms with E-state index in [-0.39, 0.29) is 39.5 Å². The summed E-state index contributed by atoms with van der Waals surface area (Å²) in [5.41, 5.74) is -0.624. The Labute approximate surface area is 226 Å². The third kappa shape index (κ3) is 3.27. The van der Waals surface area contributed by atoms with Crippen molar-refractivity contribution in [3.8, 4) is 0 Å². The van der Waals surface area contributed by atoms with Gasteiger partial charge in [0.1, 0.15) is 0 Å². The molecule has 202 valence electrons. The minimum absolute atomic E-state index is 0.0250. The lowest BCUT2D eigenvalue weighted by molar-refractivity contribution is -0.175. The van der Waals surface area contributed by atoms with Crippen LogP contribution in [0.1, 0.15) is 86.7 Å². The summed E-state index contributed by atoms with van der Waals surface area (Å²) in [4.78, 5) is 18.7. The molecule has 6 aliphatic carbocycles. The number of carbonyl (C=O) groups is 1. The minimum Gasteiger partial charge on any atom is -0.393 e. The van der Waals surface area contributed by atoms with Crippen LogP contribution in [0.25, 0.3) is 0 Å². The number of ketones is 1. The van der Waals surface area contributed by atoms with Crippen LogP contribution >= 0.6 is 11.3 Å². The van der Waals surface area contributed by atoms with Gasteiger partial charge >= 0.3 is 0 Å². The predicted molar refractivity (Wildman–Crippen MR) is 150 cm³/mol. The predicted octanol–water partition coefficient (Wildman–Crippen LogP) is 6.17. The van der Waals surface area contributed by atoms with Crippen molar-refractivity contribution in [3.05, 3.63) is 45.7 Å². The second-order valence-corrected chi connectivity index (χ2v) is 15.1. The molecule has 5 heteroatoms. The lowest BCUT2D eigenvalue weighted by Gasteiger charge is -2.71. The molecule has 7 rings (SSSR count). The number of likely N-dealkylation sites (N-methyl/N-ethyl adjacent to an activating group) is 1. The molecule has 8 atom stereocenters. The fourth-order valence-electron chi connectivity index (χ4n) is 10.2. The Kier molecular flexibility index (Phi) is 5.87. The zero-order chi connectivity index (χ0) is 26.4. The zero-order valence-electron chi connectivity index (χ0n) is 23.3. The lowest BCUT2D eigenvalue weighted by atomic mass is 9.32. The van der Waals surface area contributed by atoms with Crippen molar-refractivity contribution < 1.29 is 15.0 Å². The van der Waals surface area contributed by atoms with E-state index >= 15 is 0 Å². The maximum Gasteiger partial charge on any atom is 0.199 e. The highest BCUT2D eigenvalue weighted by Gasteiger charge is 2.74. The molecule has 1 aromatic heterocycles. The van der Waals surface area contributed by atoms with Crippen LogP contribution in [0.4, 0.5) is 0 Å². The zero-order valence-corrected chi connectivity index (χ0v) is 24.2. The number of carbonyl (C=O) groups excluding carboxylic acids is 1. The van der Waals surface area contributed by atoms with E-state index in [2.05, 4.69) is 63.9 Å². The Bertz CT molecular complexity index is 1170. The summed E-state index contributed by atoms with van der Waals surface area (Å²) in [6, 6.07) is 4.06. The van der Waals surface area contributed by atoms with Crippen LogP contribution in [0.5, 0.6) is 0 Å². The molecule has 2 spiro atoms. The standard InChI is InChI=1S/C32H45NO3S/c1-6-17-33(5)20-31(36)14-11-26-29(31,4)13-10-25-28(3)12-9-22(34)18-30(28)15-16-32(25,26)23(19-30)27(35)24-8-7-21(2)37-24/h7-8,15-16,19,22,25-26,34,36H,6,9-14,17-18,20H2,1-5H3. The summed E-state index contributed by atoms with van der Waals surface area (Å²) < 4.78 is 0. The Morgan fingerprint density at radius 1 is 1.08 bits per heavy atom. The van der Waals surface area contributed by atoms with E-state index in [4.69, 9.17) is 0 Å². The monoisotopic (exact) mass is 523 g/mol. The van der Waals surface area contributed by atoms with Gasteiger partial charge < -0.3 is 15.1 Å². The summed E-state index contributed by atoms with van der Waals surface area (Å²) in [5, 5.41) is 23.1. The molecule has 0 aromatic carbocycles. The number of allylic oxidation sites excluding steroid dienone is 4. The molecule has 2 bridgehead atoms. The van der Waals surface area contributed by atoms with Crippen LogP contribution in [-0.4, -0.2) is 52.7 Å². The third-order valence-corrected chi connectivity index (χ3v) is 13.1. The van der Waals surface area contributed by atoms with Gasteiger partial charge in [-0.3, -0.25) is 4.79 Å². The van der Waals surface area contributed by atoms with Gasteiger partial charge in [-0.2, -0.15) is 0 Å². The maximum atomic E-state index is 14.4. The van der Waals surface area contributed by atoms with Gasteiger partial charge in [-0.1, -0.05) is 39.0 Å². The number of rotatable bonds is 6. The number of hydrogen-bond donors (Lipinski definition) is 2. The molecule has 3 saturated carbocycles. The molecule has 0 saturated heterocycles. The average molecular weight is 524 g/mol. The van der Waals surface area contributed by atoms with E-state index in [1.54, 1.807) is 11.3 Å². The molecule has 0 radical (unpaired) electrons. The number of hydrogen-bond acceptors (Lipinski definition) is 5. The number of aliphatic hydroxyl groups excluding tert-OH is 1. The van der Waals surface area contributed by atoms with Crippen molar-refractivity contribution in [3.63, 3.8) is 0 Å². The summed E-state index contributed by atoms with van der Waals surface area (Å²) in [6.45, 7) is 10.7. The summed E-state index contributed by atoms with van der Waals surface area (Å²) in [5.74, 6) is 0.765. The van der Waals surface area contributed by atoms with Crippen molar-refractivity contribution in [2.75, 3.05) is 20.1 Å². The Morgan fingerprint density at radius 2 is 1.78 bits per heavy atom. The van der Waals surface area contributed by atoms with Gasteiger partial charge in [-0.05, 0) is 101 Å². The topological polar surface area (TPSA) is 60.8 Å². The molecular formula is C32H45NO3S. The molecule has 37 heavy (non-hydrogen) atoms.